The van der Waals surface area contributed by atoms with Gasteiger partial charge in [-0.2, -0.15) is 0 Å². The lowest BCUT2D eigenvalue weighted by molar-refractivity contribution is 0.660. The summed E-state index contributed by atoms with van der Waals surface area (Å²) in [7, 11) is 0. The van der Waals surface area contributed by atoms with E-state index in [2.05, 4.69) is 232 Å². The average Bonchev–Trinajstić information content (AvgIpc) is 3.55. The van der Waals surface area contributed by atoms with Gasteiger partial charge in [-0.1, -0.05) is 202 Å². The SMILES string of the molecule is CC1(C)c2ccccc2-c2ccc(-c3ccc4c(-c5cccc(C6=CC7C=CC=CC7C=C6)c5)c5ccccc5c(-c5cccc(-c6ccc7ccccc7c6)c5)c4c3)cc21. The predicted molar refractivity (Wildman–Crippen MR) is 261 cm³/mol. The fourth-order valence-corrected chi connectivity index (χ4v) is 10.6. The minimum absolute atomic E-state index is 0.0740. The van der Waals surface area contributed by atoms with Gasteiger partial charge in [-0.15, -0.1) is 0 Å². The van der Waals surface area contributed by atoms with Crippen LogP contribution in [0, 0.1) is 11.8 Å². The standard InChI is InChI=1S/C61H44/c1-61(2)57-24-10-9-21-51(57)52-31-29-48(38-58(52)61)47-30-32-55-56(37-47)60(50-20-12-18-44(36-50)46-28-26-40-14-4-6-16-42(40)34-46)54-23-8-7-22-53(54)59(55)49-19-11-17-43(35-49)45-27-25-39-13-3-5-15-41(39)33-45/h3-39,41H,1-2H3. The molecule has 2 atom stereocenters. The molecule has 0 spiro atoms. The Morgan fingerprint density at radius 2 is 0.934 bits per heavy atom. The zero-order valence-electron chi connectivity index (χ0n) is 34.4. The van der Waals surface area contributed by atoms with Crippen LogP contribution in [0.2, 0.25) is 0 Å². The minimum atomic E-state index is -0.0740. The Kier molecular flexibility index (Phi) is 8.12. The molecule has 0 bridgehead atoms. The molecule has 0 heteroatoms. The zero-order chi connectivity index (χ0) is 40.7. The van der Waals surface area contributed by atoms with Gasteiger partial charge in [0.1, 0.15) is 0 Å². The third-order valence-corrected chi connectivity index (χ3v) is 13.8. The molecule has 0 heterocycles. The topological polar surface area (TPSA) is 0 Å². The molecule has 288 valence electrons. The first kappa shape index (κ1) is 35.6. The molecule has 12 rings (SSSR count). The fraction of sp³-hybridized carbons (Fsp3) is 0.0820. The van der Waals surface area contributed by atoms with E-state index in [1.165, 1.54) is 110 Å². The van der Waals surface area contributed by atoms with Crippen LogP contribution in [0.5, 0.6) is 0 Å². The lowest BCUT2D eigenvalue weighted by Crippen LogP contribution is -2.14. The number of hydrogen-bond donors (Lipinski definition) is 0. The maximum atomic E-state index is 2.47. The van der Waals surface area contributed by atoms with Gasteiger partial charge in [0.25, 0.3) is 0 Å². The van der Waals surface area contributed by atoms with E-state index in [4.69, 9.17) is 0 Å². The maximum absolute atomic E-state index is 2.47. The second-order valence-electron chi connectivity index (χ2n) is 17.6. The highest BCUT2D eigenvalue weighted by Gasteiger charge is 2.35. The van der Waals surface area contributed by atoms with Crippen LogP contribution >= 0.6 is 0 Å². The van der Waals surface area contributed by atoms with Crippen LogP contribution < -0.4 is 0 Å². The van der Waals surface area contributed by atoms with E-state index in [1.807, 2.05) is 0 Å². The number of benzene rings is 9. The van der Waals surface area contributed by atoms with Crippen molar-refractivity contribution in [2.24, 2.45) is 11.8 Å². The summed E-state index contributed by atoms with van der Waals surface area (Å²) in [5.41, 5.74) is 17.9. The van der Waals surface area contributed by atoms with Crippen LogP contribution in [0.4, 0.5) is 0 Å². The van der Waals surface area contributed by atoms with Gasteiger partial charge in [0.05, 0.1) is 0 Å². The molecule has 0 radical (unpaired) electrons. The summed E-state index contributed by atoms with van der Waals surface area (Å²) in [6.45, 7) is 4.74. The third-order valence-electron chi connectivity index (χ3n) is 13.8. The molecular weight excluding hydrogens is 733 g/mol. The van der Waals surface area contributed by atoms with E-state index in [9.17, 15) is 0 Å². The second-order valence-corrected chi connectivity index (χ2v) is 17.6. The quantitative estimate of drug-likeness (QED) is 0.153. The molecule has 9 aromatic carbocycles. The van der Waals surface area contributed by atoms with Gasteiger partial charge >= 0.3 is 0 Å². The number of hydrogen-bond acceptors (Lipinski definition) is 0. The Labute approximate surface area is 358 Å². The van der Waals surface area contributed by atoms with Crippen molar-refractivity contribution in [3.8, 4) is 55.6 Å². The van der Waals surface area contributed by atoms with Crippen LogP contribution in [-0.4, -0.2) is 0 Å². The Morgan fingerprint density at radius 3 is 1.77 bits per heavy atom. The molecule has 0 amide bonds. The fourth-order valence-electron chi connectivity index (χ4n) is 10.6. The Hall–Kier alpha value is -7.28. The Bertz CT molecular complexity index is 3400. The molecule has 0 aliphatic heterocycles. The highest BCUT2D eigenvalue weighted by atomic mass is 14.4. The van der Waals surface area contributed by atoms with Crippen molar-refractivity contribution >= 4 is 37.9 Å². The zero-order valence-corrected chi connectivity index (χ0v) is 34.4. The molecule has 3 aliphatic rings. The van der Waals surface area contributed by atoms with Crippen LogP contribution in [-0.2, 0) is 5.41 Å². The van der Waals surface area contributed by atoms with Crippen molar-refractivity contribution in [2.75, 3.05) is 0 Å². The van der Waals surface area contributed by atoms with E-state index in [-0.39, 0.29) is 5.41 Å². The lowest BCUT2D eigenvalue weighted by Gasteiger charge is -2.24. The van der Waals surface area contributed by atoms with Crippen LogP contribution in [0.3, 0.4) is 0 Å². The van der Waals surface area contributed by atoms with E-state index in [1.54, 1.807) is 0 Å². The van der Waals surface area contributed by atoms with Crippen molar-refractivity contribution in [3.05, 3.63) is 235 Å². The smallest absolute Gasteiger partial charge is 0.0159 e. The van der Waals surface area contributed by atoms with Gasteiger partial charge in [0.15, 0.2) is 0 Å². The summed E-state index contributed by atoms with van der Waals surface area (Å²) in [6.07, 6.45) is 16.1. The van der Waals surface area contributed by atoms with E-state index >= 15 is 0 Å². The summed E-state index contributed by atoms with van der Waals surface area (Å²) in [6, 6.07) is 66.2. The van der Waals surface area contributed by atoms with Crippen LogP contribution in [0.15, 0.2) is 218 Å². The van der Waals surface area contributed by atoms with Gasteiger partial charge in [-0.05, 0) is 141 Å². The van der Waals surface area contributed by atoms with Crippen molar-refractivity contribution in [1.29, 1.82) is 0 Å². The maximum Gasteiger partial charge on any atom is 0.0159 e. The summed E-state index contributed by atoms with van der Waals surface area (Å²) >= 11 is 0. The van der Waals surface area contributed by atoms with Gasteiger partial charge in [0, 0.05) is 17.3 Å². The first-order valence-corrected chi connectivity index (χ1v) is 21.7. The molecule has 0 saturated carbocycles. The summed E-state index contributed by atoms with van der Waals surface area (Å²) in [4.78, 5) is 0. The second kappa shape index (κ2) is 13.9. The summed E-state index contributed by atoms with van der Waals surface area (Å²) in [5.74, 6) is 0.815. The first-order valence-electron chi connectivity index (χ1n) is 21.7. The average molecular weight is 777 g/mol. The Balaban J connectivity index is 1.08. The van der Waals surface area contributed by atoms with Crippen molar-refractivity contribution in [1.82, 2.24) is 0 Å². The molecule has 0 N–H and O–H groups in total. The third kappa shape index (κ3) is 5.81. The Morgan fingerprint density at radius 1 is 0.361 bits per heavy atom. The number of fused-ring (bicyclic) bond motifs is 7. The monoisotopic (exact) mass is 776 g/mol. The van der Waals surface area contributed by atoms with Crippen LogP contribution in [0.25, 0.3) is 93.5 Å². The molecule has 2 unspecified atom stereocenters. The molecule has 3 aliphatic carbocycles. The largest absolute Gasteiger partial charge is 0.0767 e. The molecule has 0 nitrogen and oxygen atoms in total. The lowest BCUT2D eigenvalue weighted by atomic mass is 9.80. The molecule has 0 fully saturated rings. The van der Waals surface area contributed by atoms with Gasteiger partial charge in [-0.3, -0.25) is 0 Å². The summed E-state index contributed by atoms with van der Waals surface area (Å²) in [5, 5.41) is 7.55. The molecule has 0 saturated heterocycles. The normalized spacial score (nSPS) is 17.0. The van der Waals surface area contributed by atoms with E-state index in [0.717, 1.165) is 0 Å². The van der Waals surface area contributed by atoms with Crippen molar-refractivity contribution < 1.29 is 0 Å². The van der Waals surface area contributed by atoms with E-state index in [0.29, 0.717) is 11.8 Å². The first-order chi connectivity index (χ1) is 30.0. The van der Waals surface area contributed by atoms with Crippen molar-refractivity contribution in [3.63, 3.8) is 0 Å². The highest BCUT2D eigenvalue weighted by molar-refractivity contribution is 6.22. The van der Waals surface area contributed by atoms with Gasteiger partial charge in [0.2, 0.25) is 0 Å². The highest BCUT2D eigenvalue weighted by Crippen LogP contribution is 2.51. The molecule has 9 aromatic rings. The summed E-state index contributed by atoms with van der Waals surface area (Å²) < 4.78 is 0. The molecule has 61 heavy (non-hydrogen) atoms. The minimum Gasteiger partial charge on any atom is -0.0767 e. The molecular formula is C61H44. The van der Waals surface area contributed by atoms with E-state index < -0.39 is 0 Å². The predicted octanol–water partition coefficient (Wildman–Crippen LogP) is 16.4. The van der Waals surface area contributed by atoms with Gasteiger partial charge in [-0.25, -0.2) is 0 Å². The van der Waals surface area contributed by atoms with Gasteiger partial charge < -0.3 is 0 Å². The number of allylic oxidation sites excluding steroid dienone is 8. The number of rotatable bonds is 5. The van der Waals surface area contributed by atoms with Crippen LogP contribution in [0.1, 0.15) is 30.5 Å². The molecule has 0 aromatic heterocycles. The van der Waals surface area contributed by atoms with Crippen molar-refractivity contribution in [2.45, 2.75) is 19.3 Å².